The molecule has 126 valence electrons. The number of amides is 1. The number of rotatable bonds is 6. The van der Waals surface area contributed by atoms with Gasteiger partial charge in [-0.25, -0.2) is 9.36 Å². The molecule has 0 atom stereocenters. The maximum Gasteiger partial charge on any atom is 0.229 e. The van der Waals surface area contributed by atoms with Crippen molar-refractivity contribution in [3.8, 4) is 11.8 Å². The molecule has 0 spiro atoms. The third kappa shape index (κ3) is 4.06. The minimum absolute atomic E-state index is 0.145. The van der Waals surface area contributed by atoms with Crippen molar-refractivity contribution in [2.24, 2.45) is 0 Å². The minimum atomic E-state index is -0.145. The van der Waals surface area contributed by atoms with Gasteiger partial charge in [-0.2, -0.15) is 10.4 Å². The van der Waals surface area contributed by atoms with Gasteiger partial charge in [0.1, 0.15) is 12.1 Å². The Morgan fingerprint density at radius 1 is 1.32 bits per heavy atom. The van der Waals surface area contributed by atoms with Crippen molar-refractivity contribution in [3.63, 3.8) is 0 Å². The topological polar surface area (TPSA) is 114 Å². The minimum Gasteiger partial charge on any atom is -0.311 e. The van der Waals surface area contributed by atoms with Crippen molar-refractivity contribution < 1.29 is 4.79 Å². The van der Waals surface area contributed by atoms with Gasteiger partial charge in [0, 0.05) is 6.07 Å². The molecule has 2 heterocycles. The van der Waals surface area contributed by atoms with E-state index in [-0.39, 0.29) is 12.3 Å². The van der Waals surface area contributed by atoms with Crippen molar-refractivity contribution in [1.29, 1.82) is 5.26 Å². The highest BCUT2D eigenvalue weighted by Gasteiger charge is 2.10. The van der Waals surface area contributed by atoms with Crippen molar-refractivity contribution >= 4 is 11.7 Å². The van der Waals surface area contributed by atoms with Crippen LogP contribution in [0.4, 0.5) is 5.82 Å². The number of tetrazole rings is 1. The molecule has 0 aliphatic carbocycles. The summed E-state index contributed by atoms with van der Waals surface area (Å²) < 4.78 is 3.18. The van der Waals surface area contributed by atoms with Gasteiger partial charge in [-0.05, 0) is 35.0 Å². The Kier molecular flexibility index (Phi) is 4.80. The molecule has 25 heavy (non-hydrogen) atoms. The van der Waals surface area contributed by atoms with E-state index in [2.05, 4.69) is 32.0 Å². The van der Waals surface area contributed by atoms with Crippen molar-refractivity contribution in [2.75, 3.05) is 5.32 Å². The molecule has 0 saturated carbocycles. The van der Waals surface area contributed by atoms with Crippen LogP contribution >= 0.6 is 0 Å². The van der Waals surface area contributed by atoms with E-state index in [4.69, 9.17) is 5.26 Å². The molecule has 0 aliphatic rings. The van der Waals surface area contributed by atoms with Crippen molar-refractivity contribution in [2.45, 2.75) is 26.3 Å². The molecule has 3 aromatic rings. The fourth-order valence-corrected chi connectivity index (χ4v) is 2.39. The molecular weight excluding hydrogens is 320 g/mol. The molecule has 2 aromatic heterocycles. The van der Waals surface area contributed by atoms with E-state index < -0.39 is 0 Å². The Balaban J connectivity index is 1.64. The van der Waals surface area contributed by atoms with Gasteiger partial charge >= 0.3 is 0 Å². The van der Waals surface area contributed by atoms with E-state index in [9.17, 15) is 4.79 Å². The van der Waals surface area contributed by atoms with Crippen LogP contribution in [0.1, 0.15) is 17.7 Å². The van der Waals surface area contributed by atoms with Gasteiger partial charge in [0.2, 0.25) is 5.91 Å². The van der Waals surface area contributed by atoms with Gasteiger partial charge in [-0.1, -0.05) is 12.1 Å². The Labute approximate surface area is 143 Å². The smallest absolute Gasteiger partial charge is 0.229 e. The Morgan fingerprint density at radius 2 is 2.12 bits per heavy atom. The molecule has 0 fully saturated rings. The first-order valence-corrected chi connectivity index (χ1v) is 7.69. The van der Waals surface area contributed by atoms with E-state index >= 15 is 0 Å². The monoisotopic (exact) mass is 336 g/mol. The van der Waals surface area contributed by atoms with Gasteiger partial charge in [0.05, 0.1) is 36.8 Å². The second-order valence-electron chi connectivity index (χ2n) is 5.45. The van der Waals surface area contributed by atoms with Crippen LogP contribution in [0.15, 0.2) is 36.7 Å². The van der Waals surface area contributed by atoms with Crippen molar-refractivity contribution in [1.82, 2.24) is 30.0 Å². The second kappa shape index (κ2) is 7.35. The molecule has 0 aliphatic heterocycles. The number of hydrogen-bond donors (Lipinski definition) is 1. The first kappa shape index (κ1) is 16.3. The van der Waals surface area contributed by atoms with Gasteiger partial charge in [-0.15, -0.1) is 5.10 Å². The lowest BCUT2D eigenvalue weighted by Crippen LogP contribution is -2.17. The van der Waals surface area contributed by atoms with E-state index in [0.717, 1.165) is 16.9 Å². The lowest BCUT2D eigenvalue weighted by atomic mass is 10.1. The molecule has 1 amide bonds. The lowest BCUT2D eigenvalue weighted by molar-refractivity contribution is -0.115. The van der Waals surface area contributed by atoms with Gasteiger partial charge in [0.25, 0.3) is 0 Å². The zero-order chi connectivity index (χ0) is 17.6. The number of anilines is 1. The zero-order valence-corrected chi connectivity index (χ0v) is 13.6. The third-order valence-corrected chi connectivity index (χ3v) is 3.52. The average Bonchev–Trinajstić information content (AvgIpc) is 3.23. The van der Waals surface area contributed by atoms with Gasteiger partial charge < -0.3 is 5.32 Å². The summed E-state index contributed by atoms with van der Waals surface area (Å²) in [5.74, 6) is 0.455. The summed E-state index contributed by atoms with van der Waals surface area (Å²) in [6.07, 6.45) is 2.08. The van der Waals surface area contributed by atoms with E-state index in [1.165, 1.54) is 6.33 Å². The van der Waals surface area contributed by atoms with Crippen LogP contribution in [-0.4, -0.2) is 35.9 Å². The second-order valence-corrected chi connectivity index (χ2v) is 5.45. The number of nitriles is 1. The number of hydrogen-bond acceptors (Lipinski definition) is 6. The van der Waals surface area contributed by atoms with Crippen LogP contribution in [0.3, 0.4) is 0 Å². The molecule has 9 heteroatoms. The average molecular weight is 336 g/mol. The summed E-state index contributed by atoms with van der Waals surface area (Å²) in [5.41, 5.74) is 2.48. The van der Waals surface area contributed by atoms with Gasteiger partial charge in [-0.3, -0.25) is 4.79 Å². The molecule has 0 radical (unpaired) electrons. The highest BCUT2D eigenvalue weighted by Crippen LogP contribution is 2.13. The third-order valence-electron chi connectivity index (χ3n) is 3.52. The quantitative estimate of drug-likeness (QED) is 0.725. The van der Waals surface area contributed by atoms with Gasteiger partial charge in [0.15, 0.2) is 0 Å². The molecule has 0 saturated heterocycles. The first-order valence-electron chi connectivity index (χ1n) is 7.69. The predicted octanol–water partition coefficient (Wildman–Crippen LogP) is 1.26. The highest BCUT2D eigenvalue weighted by molar-refractivity contribution is 5.91. The van der Waals surface area contributed by atoms with Crippen LogP contribution in [-0.2, 0) is 17.8 Å². The lowest BCUT2D eigenvalue weighted by Gasteiger charge is -2.08. The molecule has 0 unspecified atom stereocenters. The molecule has 9 nitrogen and oxygen atoms in total. The Bertz CT molecular complexity index is 889. The highest BCUT2D eigenvalue weighted by atomic mass is 16.1. The van der Waals surface area contributed by atoms with E-state index in [0.29, 0.717) is 18.8 Å². The summed E-state index contributed by atoms with van der Waals surface area (Å²) in [6, 6.07) is 11.3. The largest absolute Gasteiger partial charge is 0.311 e. The predicted molar refractivity (Wildman–Crippen MR) is 88.7 cm³/mol. The number of nitrogens with zero attached hydrogens (tertiary/aromatic N) is 7. The summed E-state index contributed by atoms with van der Waals surface area (Å²) in [4.78, 5) is 12.3. The fraction of sp³-hybridized carbons (Fsp3) is 0.250. The summed E-state index contributed by atoms with van der Waals surface area (Å²) >= 11 is 0. The van der Waals surface area contributed by atoms with Crippen LogP contribution in [0.5, 0.6) is 0 Å². The molecular formula is C16H16N8O. The summed E-state index contributed by atoms with van der Waals surface area (Å²) in [7, 11) is 0. The van der Waals surface area contributed by atoms with Crippen LogP contribution < -0.4 is 5.32 Å². The molecule has 0 bridgehead atoms. The Hall–Kier alpha value is -3.54. The number of carbonyl (C=O) groups excluding carboxylic acids is 1. The zero-order valence-electron chi connectivity index (χ0n) is 13.6. The number of nitrogens with one attached hydrogen (secondary N) is 1. The number of aryl methyl sites for hydroxylation is 2. The van der Waals surface area contributed by atoms with Crippen LogP contribution in [0.25, 0.3) is 5.69 Å². The Morgan fingerprint density at radius 3 is 2.80 bits per heavy atom. The first-order chi connectivity index (χ1) is 12.2. The number of aromatic nitrogens is 6. The fourth-order valence-electron chi connectivity index (χ4n) is 2.39. The normalized spacial score (nSPS) is 10.4. The van der Waals surface area contributed by atoms with Crippen molar-refractivity contribution in [3.05, 3.63) is 47.9 Å². The SMILES string of the molecule is Cc1cc(NC(=O)Cc2ccc(-n3cnnn3)cc2)n(CCC#N)n1. The van der Waals surface area contributed by atoms with Crippen LogP contribution in [0.2, 0.25) is 0 Å². The number of benzene rings is 1. The maximum atomic E-state index is 12.3. The number of carbonyl (C=O) groups is 1. The summed E-state index contributed by atoms with van der Waals surface area (Å²) in [6.45, 7) is 2.29. The van der Waals surface area contributed by atoms with Crippen LogP contribution in [0, 0.1) is 18.3 Å². The van der Waals surface area contributed by atoms with E-state index in [1.807, 2.05) is 31.2 Å². The molecule has 3 rings (SSSR count). The standard InChI is InChI=1S/C16H16N8O/c1-12-9-15(23(20-12)8-2-7-17)19-16(25)10-13-3-5-14(6-4-13)24-11-18-21-22-24/h3-6,9,11H,2,8,10H2,1H3,(H,19,25). The summed E-state index contributed by atoms with van der Waals surface area (Å²) in [5, 5.41) is 26.8. The maximum absolute atomic E-state index is 12.3. The molecule has 1 aromatic carbocycles. The van der Waals surface area contributed by atoms with E-state index in [1.54, 1.807) is 15.4 Å². The molecule has 1 N–H and O–H groups in total.